The molecule has 4 rings (SSSR count). The molecule has 1 heterocycles. The molecule has 0 bridgehead atoms. The van der Waals surface area contributed by atoms with E-state index in [1.165, 1.54) is 18.1 Å². The normalized spacial score (nSPS) is 21.4. The van der Waals surface area contributed by atoms with Gasteiger partial charge in [-0.2, -0.15) is 0 Å². The van der Waals surface area contributed by atoms with Crippen molar-refractivity contribution in [1.29, 1.82) is 0 Å². The highest BCUT2D eigenvalue weighted by Crippen LogP contribution is 2.44. The number of ether oxygens (including phenoxy) is 1. The van der Waals surface area contributed by atoms with E-state index < -0.39 is 23.5 Å². The average molecular weight is 474 g/mol. The van der Waals surface area contributed by atoms with E-state index in [4.69, 9.17) is 4.74 Å². The Morgan fingerprint density at radius 2 is 1.87 bits per heavy atom. The van der Waals surface area contributed by atoms with Crippen molar-refractivity contribution < 1.29 is 23.8 Å². The van der Waals surface area contributed by atoms with Crippen LogP contribution >= 0.6 is 15.9 Å². The van der Waals surface area contributed by atoms with Gasteiger partial charge in [0.25, 0.3) is 11.7 Å². The van der Waals surface area contributed by atoms with Gasteiger partial charge >= 0.3 is 0 Å². The third-order valence-electron chi connectivity index (χ3n) is 5.82. The fourth-order valence-electron chi connectivity index (χ4n) is 4.38. The summed E-state index contributed by atoms with van der Waals surface area (Å²) < 4.78 is 20.6. The standard InChI is InChI=1S/C23H21BrFNO4/c1-30-18-11-10-13(12-16(18)24)21(27)19-20(15-8-4-5-9-17(15)25)26(23(29)22(19)28)14-6-2-3-7-14/h4-5,8-12,14,20,27H,2-3,6-7H2,1H3/b21-19+. The van der Waals surface area contributed by atoms with E-state index >= 15 is 0 Å². The summed E-state index contributed by atoms with van der Waals surface area (Å²) in [5.74, 6) is -1.77. The SMILES string of the molecule is COc1ccc(/C(O)=C2\C(=O)C(=O)N(C3CCCC3)C2c2ccccc2F)cc1Br. The van der Waals surface area contributed by atoms with E-state index in [1.54, 1.807) is 36.4 Å². The first kappa shape index (κ1) is 20.6. The molecule has 1 N–H and O–H groups in total. The van der Waals surface area contributed by atoms with Crippen LogP contribution in [0.4, 0.5) is 4.39 Å². The number of halogens is 2. The van der Waals surface area contributed by atoms with Crippen LogP contribution in [-0.2, 0) is 9.59 Å². The Balaban J connectivity index is 1.90. The maximum absolute atomic E-state index is 14.8. The average Bonchev–Trinajstić information content (AvgIpc) is 3.35. The molecule has 1 saturated heterocycles. The van der Waals surface area contributed by atoms with Crippen molar-refractivity contribution in [3.05, 3.63) is 69.5 Å². The highest BCUT2D eigenvalue weighted by atomic mass is 79.9. The van der Waals surface area contributed by atoms with Crippen LogP contribution in [0.15, 0.2) is 52.5 Å². The predicted octanol–water partition coefficient (Wildman–Crippen LogP) is 4.96. The molecule has 1 unspecified atom stereocenters. The van der Waals surface area contributed by atoms with Gasteiger partial charge in [-0.3, -0.25) is 9.59 Å². The van der Waals surface area contributed by atoms with Crippen molar-refractivity contribution >= 4 is 33.4 Å². The molecule has 2 aromatic rings. The second kappa shape index (κ2) is 8.22. The number of aliphatic hydroxyl groups is 1. The first-order valence-electron chi connectivity index (χ1n) is 9.82. The fraction of sp³-hybridized carbons (Fsp3) is 0.304. The monoisotopic (exact) mass is 473 g/mol. The molecule has 1 saturated carbocycles. The highest BCUT2D eigenvalue weighted by Gasteiger charge is 2.49. The summed E-state index contributed by atoms with van der Waals surface area (Å²) in [5, 5.41) is 11.1. The first-order chi connectivity index (χ1) is 14.4. The number of amides is 1. The Morgan fingerprint density at radius 1 is 1.17 bits per heavy atom. The van der Waals surface area contributed by atoms with Gasteiger partial charge in [-0.15, -0.1) is 0 Å². The minimum atomic E-state index is -0.963. The number of rotatable bonds is 4. The number of Topliss-reactive ketones (excluding diaryl/α,β-unsaturated/α-hetero) is 1. The molecule has 0 aromatic heterocycles. The van der Waals surface area contributed by atoms with Gasteiger partial charge in [0.2, 0.25) is 0 Å². The van der Waals surface area contributed by atoms with E-state index in [1.807, 2.05) is 0 Å². The smallest absolute Gasteiger partial charge is 0.295 e. The minimum Gasteiger partial charge on any atom is -0.507 e. The number of ketones is 1. The molecule has 2 fully saturated rings. The quantitative estimate of drug-likeness (QED) is 0.387. The summed E-state index contributed by atoms with van der Waals surface area (Å²) in [6.07, 6.45) is 3.41. The fourth-order valence-corrected chi connectivity index (χ4v) is 4.92. The molecule has 1 aliphatic heterocycles. The number of methoxy groups -OCH3 is 1. The molecule has 0 radical (unpaired) electrons. The molecule has 2 aliphatic rings. The van der Waals surface area contributed by atoms with Gasteiger partial charge in [0.1, 0.15) is 17.3 Å². The summed E-state index contributed by atoms with van der Waals surface area (Å²) in [4.78, 5) is 27.5. The van der Waals surface area contributed by atoms with Crippen LogP contribution in [0.3, 0.4) is 0 Å². The van der Waals surface area contributed by atoms with Crippen molar-refractivity contribution in [1.82, 2.24) is 4.90 Å². The van der Waals surface area contributed by atoms with Gasteiger partial charge in [-0.25, -0.2) is 4.39 Å². The zero-order valence-corrected chi connectivity index (χ0v) is 18.0. The van der Waals surface area contributed by atoms with E-state index in [0.29, 0.717) is 15.8 Å². The third-order valence-corrected chi connectivity index (χ3v) is 6.44. The zero-order chi connectivity index (χ0) is 21.4. The molecular weight excluding hydrogens is 453 g/mol. The van der Waals surface area contributed by atoms with E-state index in [-0.39, 0.29) is 22.9 Å². The van der Waals surface area contributed by atoms with Gasteiger partial charge < -0.3 is 14.7 Å². The number of carbonyl (C=O) groups is 2. The third kappa shape index (κ3) is 3.41. The lowest BCUT2D eigenvalue weighted by Crippen LogP contribution is -2.38. The molecule has 0 spiro atoms. The van der Waals surface area contributed by atoms with Crippen LogP contribution in [0.1, 0.15) is 42.9 Å². The number of hydrogen-bond donors (Lipinski definition) is 1. The Labute approximate surface area is 182 Å². The van der Waals surface area contributed by atoms with Gasteiger partial charge in [-0.05, 0) is 53.0 Å². The molecule has 2 aromatic carbocycles. The van der Waals surface area contributed by atoms with Crippen LogP contribution in [0, 0.1) is 5.82 Å². The molecule has 5 nitrogen and oxygen atoms in total. The second-order valence-corrected chi connectivity index (χ2v) is 8.37. The first-order valence-corrected chi connectivity index (χ1v) is 10.6. The van der Waals surface area contributed by atoms with E-state index in [2.05, 4.69) is 15.9 Å². The number of hydrogen-bond acceptors (Lipinski definition) is 4. The van der Waals surface area contributed by atoms with Crippen molar-refractivity contribution in [2.75, 3.05) is 7.11 Å². The molecule has 7 heteroatoms. The van der Waals surface area contributed by atoms with Gasteiger partial charge in [0.15, 0.2) is 0 Å². The van der Waals surface area contributed by atoms with Crippen LogP contribution in [0.2, 0.25) is 0 Å². The Bertz CT molecular complexity index is 1050. The molecule has 156 valence electrons. The van der Waals surface area contributed by atoms with Crippen LogP contribution < -0.4 is 4.74 Å². The summed E-state index contributed by atoms with van der Waals surface area (Å²) >= 11 is 3.37. The Morgan fingerprint density at radius 3 is 2.50 bits per heavy atom. The van der Waals surface area contributed by atoms with Crippen LogP contribution in [-0.4, -0.2) is 34.8 Å². The molecule has 1 atom stereocenters. The van der Waals surface area contributed by atoms with Gasteiger partial charge in [0, 0.05) is 17.2 Å². The number of nitrogens with zero attached hydrogens (tertiary/aromatic N) is 1. The summed E-state index contributed by atoms with van der Waals surface area (Å²) in [5.41, 5.74) is 0.459. The number of carbonyl (C=O) groups excluding carboxylic acids is 2. The van der Waals surface area contributed by atoms with Crippen molar-refractivity contribution in [2.24, 2.45) is 0 Å². The van der Waals surface area contributed by atoms with Crippen LogP contribution in [0.5, 0.6) is 5.75 Å². The highest BCUT2D eigenvalue weighted by molar-refractivity contribution is 9.10. The largest absolute Gasteiger partial charge is 0.507 e. The number of benzene rings is 2. The summed E-state index contributed by atoms with van der Waals surface area (Å²) in [7, 11) is 1.52. The van der Waals surface area contributed by atoms with Crippen molar-refractivity contribution in [3.8, 4) is 5.75 Å². The maximum atomic E-state index is 14.8. The lowest BCUT2D eigenvalue weighted by molar-refractivity contribution is -0.141. The molecule has 30 heavy (non-hydrogen) atoms. The lowest BCUT2D eigenvalue weighted by atomic mass is 9.94. The molecular formula is C23H21BrFNO4. The Kier molecular flexibility index (Phi) is 5.64. The second-order valence-electron chi connectivity index (χ2n) is 7.52. The summed E-state index contributed by atoms with van der Waals surface area (Å²) in [6, 6.07) is 9.81. The van der Waals surface area contributed by atoms with Gasteiger partial charge in [-0.1, -0.05) is 31.0 Å². The van der Waals surface area contributed by atoms with Crippen molar-refractivity contribution in [2.45, 2.75) is 37.8 Å². The van der Waals surface area contributed by atoms with Gasteiger partial charge in [0.05, 0.1) is 23.2 Å². The summed E-state index contributed by atoms with van der Waals surface area (Å²) in [6.45, 7) is 0. The lowest BCUT2D eigenvalue weighted by Gasteiger charge is -2.31. The maximum Gasteiger partial charge on any atom is 0.295 e. The van der Waals surface area contributed by atoms with Crippen LogP contribution in [0.25, 0.3) is 5.76 Å². The van der Waals surface area contributed by atoms with E-state index in [0.717, 1.165) is 25.7 Å². The minimum absolute atomic E-state index is 0.0888. The molecule has 1 amide bonds. The number of likely N-dealkylation sites (tertiary alicyclic amines) is 1. The predicted molar refractivity (Wildman–Crippen MR) is 113 cm³/mol. The topological polar surface area (TPSA) is 66.8 Å². The number of aliphatic hydroxyl groups excluding tert-OH is 1. The Hall–Kier alpha value is -2.67. The van der Waals surface area contributed by atoms with Crippen molar-refractivity contribution in [3.63, 3.8) is 0 Å². The molecule has 1 aliphatic carbocycles. The zero-order valence-electron chi connectivity index (χ0n) is 16.4. The van der Waals surface area contributed by atoms with E-state index in [9.17, 15) is 19.1 Å².